The van der Waals surface area contributed by atoms with E-state index in [2.05, 4.69) is 20.2 Å². The Labute approximate surface area is 238 Å². The van der Waals surface area contributed by atoms with Crippen molar-refractivity contribution in [2.45, 2.75) is 70.0 Å². The Morgan fingerprint density at radius 3 is 2.78 bits per heavy atom. The van der Waals surface area contributed by atoms with Crippen molar-refractivity contribution >= 4 is 32.8 Å². The van der Waals surface area contributed by atoms with Gasteiger partial charge in [0.05, 0.1) is 24.2 Å². The van der Waals surface area contributed by atoms with Crippen LogP contribution in [0.25, 0.3) is 11.0 Å². The molecule has 11 nitrogen and oxygen atoms in total. The smallest absolute Gasteiger partial charge is 0.304 e. The van der Waals surface area contributed by atoms with Crippen LogP contribution >= 0.6 is 0 Å². The third kappa shape index (κ3) is 4.74. The lowest BCUT2D eigenvalue weighted by molar-refractivity contribution is -0.137. The maximum Gasteiger partial charge on any atom is 0.304 e. The molecule has 2 atom stereocenters. The average molecular weight is 576 g/mol. The van der Waals surface area contributed by atoms with Gasteiger partial charge in [0.25, 0.3) is 0 Å². The summed E-state index contributed by atoms with van der Waals surface area (Å²) in [5, 5.41) is 18.4. The zero-order valence-electron chi connectivity index (χ0n) is 23.4. The number of aliphatic carboxylic acids is 1. The van der Waals surface area contributed by atoms with E-state index in [4.69, 9.17) is 4.98 Å². The van der Waals surface area contributed by atoms with E-state index in [0.29, 0.717) is 30.3 Å². The number of nitrogens with zero attached hydrogens (tertiary/aromatic N) is 7. The number of benzene rings is 1. The van der Waals surface area contributed by atoms with Crippen LogP contribution in [-0.2, 0) is 27.9 Å². The Morgan fingerprint density at radius 1 is 1.17 bits per heavy atom. The molecule has 0 amide bonds. The number of hydrogen-bond donors (Lipinski definition) is 1. The maximum atomic E-state index is 13.9. The number of anilines is 1. The number of rotatable bonds is 7. The molecule has 6 rings (SSSR count). The molecule has 0 unspecified atom stereocenters. The number of pyridine rings is 2. The summed E-state index contributed by atoms with van der Waals surface area (Å²) >= 11 is 0. The van der Waals surface area contributed by atoms with E-state index in [1.165, 1.54) is 4.31 Å². The van der Waals surface area contributed by atoms with Crippen molar-refractivity contribution < 1.29 is 18.3 Å². The SMILES string of the molecule is CCn1nnc2c(C)c([C@H](CC(=O)O)c3ccc(C)c(CN4C[C@H]5CCCN5c5ncccc5S4(=O)=O)n3)ccc21. The van der Waals surface area contributed by atoms with Crippen LogP contribution in [-0.4, -0.2) is 67.9 Å². The van der Waals surface area contributed by atoms with Crippen LogP contribution in [0.1, 0.15) is 60.2 Å². The average Bonchev–Trinajstić information content (AvgIpc) is 3.58. The quantitative estimate of drug-likeness (QED) is 0.350. The van der Waals surface area contributed by atoms with E-state index in [1.54, 1.807) is 23.0 Å². The molecule has 0 bridgehead atoms. The molecule has 3 aromatic heterocycles. The van der Waals surface area contributed by atoms with Gasteiger partial charge < -0.3 is 10.0 Å². The highest BCUT2D eigenvalue weighted by Crippen LogP contribution is 2.37. The van der Waals surface area contributed by atoms with Gasteiger partial charge in [-0.05, 0) is 74.6 Å². The number of carboxylic acids is 1. The van der Waals surface area contributed by atoms with Crippen molar-refractivity contribution in [3.8, 4) is 0 Å². The molecule has 1 fully saturated rings. The minimum absolute atomic E-state index is 0.0371. The fraction of sp³-hybridized carbons (Fsp3) is 0.414. The zero-order valence-corrected chi connectivity index (χ0v) is 24.2. The van der Waals surface area contributed by atoms with Crippen LogP contribution in [0.4, 0.5) is 5.82 Å². The van der Waals surface area contributed by atoms with Gasteiger partial charge in [-0.1, -0.05) is 17.3 Å². The first-order chi connectivity index (χ1) is 19.7. The predicted molar refractivity (Wildman–Crippen MR) is 153 cm³/mol. The maximum absolute atomic E-state index is 13.9. The highest BCUT2D eigenvalue weighted by atomic mass is 32.2. The third-order valence-corrected chi connectivity index (χ3v) is 10.2. The van der Waals surface area contributed by atoms with E-state index >= 15 is 0 Å². The van der Waals surface area contributed by atoms with Crippen molar-refractivity contribution in [3.63, 3.8) is 0 Å². The minimum Gasteiger partial charge on any atom is -0.481 e. The Bertz CT molecular complexity index is 1750. The van der Waals surface area contributed by atoms with E-state index in [1.807, 2.05) is 45.0 Å². The van der Waals surface area contributed by atoms with Gasteiger partial charge in [-0.15, -0.1) is 5.10 Å². The predicted octanol–water partition coefficient (Wildman–Crippen LogP) is 3.64. The second-order valence-electron chi connectivity index (χ2n) is 10.8. The van der Waals surface area contributed by atoms with Gasteiger partial charge in [-0.25, -0.2) is 18.1 Å². The van der Waals surface area contributed by atoms with E-state index in [0.717, 1.165) is 47.1 Å². The minimum atomic E-state index is -3.83. The number of carboxylic acid groups (broad SMARTS) is 1. The molecule has 41 heavy (non-hydrogen) atoms. The fourth-order valence-corrected chi connectivity index (χ4v) is 7.77. The van der Waals surface area contributed by atoms with E-state index < -0.39 is 21.9 Å². The molecule has 12 heteroatoms. The normalized spacial score (nSPS) is 19.1. The van der Waals surface area contributed by atoms with E-state index in [9.17, 15) is 18.3 Å². The summed E-state index contributed by atoms with van der Waals surface area (Å²) in [7, 11) is -3.83. The monoisotopic (exact) mass is 575 g/mol. The van der Waals surface area contributed by atoms with Gasteiger partial charge in [-0.3, -0.25) is 9.78 Å². The molecule has 0 spiro atoms. The Kier molecular flexibility index (Phi) is 6.98. The van der Waals surface area contributed by atoms with Gasteiger partial charge in [-0.2, -0.15) is 4.31 Å². The van der Waals surface area contributed by atoms with Crippen LogP contribution in [0.5, 0.6) is 0 Å². The summed E-state index contributed by atoms with van der Waals surface area (Å²) < 4.78 is 31.1. The first kappa shape index (κ1) is 27.3. The summed E-state index contributed by atoms with van der Waals surface area (Å²) in [5.41, 5.74) is 5.32. The molecule has 1 saturated heterocycles. The molecule has 214 valence electrons. The first-order valence-corrected chi connectivity index (χ1v) is 15.4. The molecule has 1 N–H and O–H groups in total. The highest BCUT2D eigenvalue weighted by molar-refractivity contribution is 7.89. The Morgan fingerprint density at radius 2 is 2.00 bits per heavy atom. The number of sulfonamides is 1. The van der Waals surface area contributed by atoms with E-state index in [-0.39, 0.29) is 23.9 Å². The van der Waals surface area contributed by atoms with Gasteiger partial charge >= 0.3 is 5.97 Å². The van der Waals surface area contributed by atoms with Crippen molar-refractivity contribution in [1.29, 1.82) is 0 Å². The number of aromatic nitrogens is 5. The Balaban J connectivity index is 1.40. The molecule has 0 aliphatic carbocycles. The van der Waals surface area contributed by atoms with Crippen molar-refractivity contribution in [2.24, 2.45) is 0 Å². The number of carbonyl (C=O) groups is 1. The highest BCUT2D eigenvalue weighted by Gasteiger charge is 2.40. The number of fused-ring (bicyclic) bond motifs is 4. The summed E-state index contributed by atoms with van der Waals surface area (Å²) in [6.07, 6.45) is 3.34. The second kappa shape index (κ2) is 10.5. The summed E-state index contributed by atoms with van der Waals surface area (Å²) in [6, 6.07) is 10.9. The molecular weight excluding hydrogens is 542 g/mol. The fourth-order valence-electron chi connectivity index (χ4n) is 6.18. The van der Waals surface area contributed by atoms with Crippen molar-refractivity contribution in [1.82, 2.24) is 29.3 Å². The van der Waals surface area contributed by atoms with Crippen LogP contribution in [0.2, 0.25) is 0 Å². The van der Waals surface area contributed by atoms with Crippen molar-refractivity contribution in [2.75, 3.05) is 18.0 Å². The Hall–Kier alpha value is -3.90. The molecule has 0 saturated carbocycles. The molecule has 4 aromatic rings. The number of hydrogen-bond acceptors (Lipinski definition) is 8. The van der Waals surface area contributed by atoms with Gasteiger partial charge in [0.15, 0.2) is 0 Å². The standard InChI is InChI=1S/C29H33N7O4S/c1-4-36-25-12-10-21(19(3)28(25)32-33-36)22(15-27(37)38)23-11-9-18(2)24(31-23)17-34-16-20-7-6-14-35(20)29-26(41(34,39)40)8-5-13-30-29/h5,8-13,20,22H,4,6-7,14-17H2,1-3H3,(H,37,38)/t20-,22+/m1/s1. The second-order valence-corrected chi connectivity index (χ2v) is 12.7. The van der Waals surface area contributed by atoms with Crippen LogP contribution < -0.4 is 4.90 Å². The largest absolute Gasteiger partial charge is 0.481 e. The summed E-state index contributed by atoms with van der Waals surface area (Å²) in [6.45, 7) is 7.70. The third-order valence-electron chi connectivity index (χ3n) is 8.37. The number of aryl methyl sites for hydroxylation is 3. The lowest BCUT2D eigenvalue weighted by Crippen LogP contribution is -2.39. The molecule has 2 aliphatic rings. The first-order valence-electron chi connectivity index (χ1n) is 13.9. The lowest BCUT2D eigenvalue weighted by Gasteiger charge is -2.26. The molecule has 5 heterocycles. The van der Waals surface area contributed by atoms with Crippen LogP contribution in [0, 0.1) is 13.8 Å². The van der Waals surface area contributed by atoms with Crippen LogP contribution in [0.3, 0.4) is 0 Å². The molecule has 2 aliphatic heterocycles. The molecule has 1 aromatic carbocycles. The lowest BCUT2D eigenvalue weighted by atomic mass is 9.88. The van der Waals surface area contributed by atoms with Crippen LogP contribution in [0.15, 0.2) is 47.5 Å². The molecular formula is C29H33N7O4S. The van der Waals surface area contributed by atoms with Gasteiger partial charge in [0.1, 0.15) is 16.2 Å². The van der Waals surface area contributed by atoms with Gasteiger partial charge in [0, 0.05) is 43.5 Å². The topological polar surface area (TPSA) is 134 Å². The summed E-state index contributed by atoms with van der Waals surface area (Å²) in [5.74, 6) is -0.974. The summed E-state index contributed by atoms with van der Waals surface area (Å²) in [4.78, 5) is 23.7. The van der Waals surface area contributed by atoms with Gasteiger partial charge in [0.2, 0.25) is 10.0 Å². The molecule has 0 radical (unpaired) electrons. The zero-order chi connectivity index (χ0) is 28.9. The van der Waals surface area contributed by atoms with Crippen molar-refractivity contribution in [3.05, 3.63) is 70.7 Å².